The molecule has 1 aliphatic rings. The van der Waals surface area contributed by atoms with Crippen LogP contribution in [0.2, 0.25) is 0 Å². The van der Waals surface area contributed by atoms with Crippen LogP contribution < -0.4 is 11.1 Å². The van der Waals surface area contributed by atoms with E-state index in [0.29, 0.717) is 24.0 Å². The standard InChI is InChI=1S/C16H24N4O/c1-12-4-3-9-20(11-12)16(17)19-10-13-5-7-14(8-6-13)15(21)18-2/h5-8,12H,3-4,9-11H2,1-2H3,(H2,17,19)(H,18,21). The molecular formula is C16H24N4O. The van der Waals surface area contributed by atoms with Gasteiger partial charge in [0.25, 0.3) is 5.91 Å². The molecule has 1 heterocycles. The lowest BCUT2D eigenvalue weighted by Gasteiger charge is -2.31. The van der Waals surface area contributed by atoms with Crippen molar-refractivity contribution in [2.75, 3.05) is 20.1 Å². The van der Waals surface area contributed by atoms with Crippen LogP contribution in [0.4, 0.5) is 0 Å². The molecule has 114 valence electrons. The van der Waals surface area contributed by atoms with E-state index >= 15 is 0 Å². The van der Waals surface area contributed by atoms with Crippen LogP contribution in [0.1, 0.15) is 35.7 Å². The number of benzene rings is 1. The minimum absolute atomic E-state index is 0.0770. The fraction of sp³-hybridized carbons (Fsp3) is 0.500. The van der Waals surface area contributed by atoms with E-state index in [1.807, 2.05) is 24.3 Å². The molecule has 5 heteroatoms. The smallest absolute Gasteiger partial charge is 0.251 e. The number of guanidine groups is 1. The summed E-state index contributed by atoms with van der Waals surface area (Å²) in [5.74, 6) is 1.23. The predicted molar refractivity (Wildman–Crippen MR) is 85.1 cm³/mol. The molecular weight excluding hydrogens is 264 g/mol. The fourth-order valence-electron chi connectivity index (χ4n) is 2.58. The van der Waals surface area contributed by atoms with Gasteiger partial charge in [-0.2, -0.15) is 0 Å². The predicted octanol–water partition coefficient (Wildman–Crippen LogP) is 1.59. The van der Waals surface area contributed by atoms with E-state index < -0.39 is 0 Å². The van der Waals surface area contributed by atoms with E-state index in [0.717, 1.165) is 18.7 Å². The quantitative estimate of drug-likeness (QED) is 0.655. The number of rotatable bonds is 3. The van der Waals surface area contributed by atoms with Gasteiger partial charge in [-0.1, -0.05) is 19.1 Å². The molecule has 0 bridgehead atoms. The Labute approximate surface area is 126 Å². The fourth-order valence-corrected chi connectivity index (χ4v) is 2.58. The Balaban J connectivity index is 1.95. The van der Waals surface area contributed by atoms with Gasteiger partial charge in [0.1, 0.15) is 0 Å². The molecule has 0 aromatic heterocycles. The Morgan fingerprint density at radius 2 is 2.14 bits per heavy atom. The van der Waals surface area contributed by atoms with Crippen molar-refractivity contribution >= 4 is 11.9 Å². The third kappa shape index (κ3) is 4.21. The van der Waals surface area contributed by atoms with Crippen LogP contribution in [0.5, 0.6) is 0 Å². The van der Waals surface area contributed by atoms with Crippen molar-refractivity contribution < 1.29 is 4.79 Å². The highest BCUT2D eigenvalue weighted by Crippen LogP contribution is 2.15. The first-order valence-corrected chi connectivity index (χ1v) is 7.46. The molecule has 2 rings (SSSR count). The van der Waals surface area contributed by atoms with Crippen LogP contribution in [0.25, 0.3) is 0 Å². The number of likely N-dealkylation sites (tertiary alicyclic amines) is 1. The van der Waals surface area contributed by atoms with Gasteiger partial charge in [0.15, 0.2) is 5.96 Å². The minimum Gasteiger partial charge on any atom is -0.370 e. The summed E-state index contributed by atoms with van der Waals surface area (Å²) < 4.78 is 0. The van der Waals surface area contributed by atoms with Gasteiger partial charge in [-0.25, -0.2) is 4.99 Å². The average Bonchev–Trinajstić information content (AvgIpc) is 2.52. The Bertz CT molecular complexity index is 510. The van der Waals surface area contributed by atoms with Gasteiger partial charge in [0.2, 0.25) is 0 Å². The largest absolute Gasteiger partial charge is 0.370 e. The van der Waals surface area contributed by atoms with E-state index in [-0.39, 0.29) is 5.91 Å². The van der Waals surface area contributed by atoms with Crippen molar-refractivity contribution in [3.05, 3.63) is 35.4 Å². The minimum atomic E-state index is -0.0770. The first-order valence-electron chi connectivity index (χ1n) is 7.46. The zero-order valence-corrected chi connectivity index (χ0v) is 12.8. The Morgan fingerprint density at radius 1 is 1.43 bits per heavy atom. The first kappa shape index (κ1) is 15.4. The van der Waals surface area contributed by atoms with Crippen LogP contribution in [0, 0.1) is 5.92 Å². The van der Waals surface area contributed by atoms with Gasteiger partial charge in [-0.3, -0.25) is 4.79 Å². The van der Waals surface area contributed by atoms with Gasteiger partial charge < -0.3 is 16.0 Å². The molecule has 1 fully saturated rings. The van der Waals surface area contributed by atoms with Crippen LogP contribution in [-0.4, -0.2) is 36.9 Å². The lowest BCUT2D eigenvalue weighted by Crippen LogP contribution is -2.43. The van der Waals surface area contributed by atoms with Crippen LogP contribution in [0.3, 0.4) is 0 Å². The Kier molecular flexibility index (Phi) is 5.20. The van der Waals surface area contributed by atoms with Crippen molar-refractivity contribution in [1.29, 1.82) is 0 Å². The molecule has 3 N–H and O–H groups in total. The normalized spacial score (nSPS) is 19.4. The summed E-state index contributed by atoms with van der Waals surface area (Å²) in [6.45, 7) is 4.78. The molecule has 21 heavy (non-hydrogen) atoms. The molecule has 1 amide bonds. The number of hydrogen-bond acceptors (Lipinski definition) is 2. The summed E-state index contributed by atoms with van der Waals surface area (Å²) in [7, 11) is 1.63. The van der Waals surface area contributed by atoms with Crippen molar-refractivity contribution in [2.45, 2.75) is 26.3 Å². The second-order valence-electron chi connectivity index (χ2n) is 5.64. The van der Waals surface area contributed by atoms with Gasteiger partial charge >= 0.3 is 0 Å². The average molecular weight is 288 g/mol. The van der Waals surface area contributed by atoms with Crippen LogP contribution in [0.15, 0.2) is 29.3 Å². The van der Waals surface area contributed by atoms with Crippen molar-refractivity contribution in [1.82, 2.24) is 10.2 Å². The molecule has 1 aromatic rings. The maximum atomic E-state index is 11.5. The third-order valence-corrected chi connectivity index (χ3v) is 3.85. The van der Waals surface area contributed by atoms with E-state index in [1.165, 1.54) is 12.8 Å². The Hall–Kier alpha value is -2.04. The summed E-state index contributed by atoms with van der Waals surface area (Å²) in [6.07, 6.45) is 2.45. The van der Waals surface area contributed by atoms with Gasteiger partial charge in [-0.15, -0.1) is 0 Å². The first-order chi connectivity index (χ1) is 10.1. The number of carbonyl (C=O) groups excluding carboxylic acids is 1. The molecule has 0 spiro atoms. The molecule has 0 radical (unpaired) electrons. The highest BCUT2D eigenvalue weighted by Gasteiger charge is 2.17. The van der Waals surface area contributed by atoms with Crippen molar-refractivity contribution in [3.63, 3.8) is 0 Å². The van der Waals surface area contributed by atoms with E-state index in [2.05, 4.69) is 22.1 Å². The summed E-state index contributed by atoms with van der Waals surface area (Å²) >= 11 is 0. The lowest BCUT2D eigenvalue weighted by molar-refractivity contribution is 0.0963. The van der Waals surface area contributed by atoms with Gasteiger partial charge in [-0.05, 0) is 36.5 Å². The maximum absolute atomic E-state index is 11.5. The number of piperidine rings is 1. The molecule has 1 saturated heterocycles. The van der Waals surface area contributed by atoms with E-state index in [9.17, 15) is 4.79 Å². The number of hydrogen-bond donors (Lipinski definition) is 2. The molecule has 0 aliphatic carbocycles. The second kappa shape index (κ2) is 7.11. The molecule has 1 atom stereocenters. The van der Waals surface area contributed by atoms with Crippen molar-refractivity contribution in [3.8, 4) is 0 Å². The summed E-state index contributed by atoms with van der Waals surface area (Å²) in [5.41, 5.74) is 7.78. The molecule has 5 nitrogen and oxygen atoms in total. The highest BCUT2D eigenvalue weighted by atomic mass is 16.1. The number of nitrogens with zero attached hydrogens (tertiary/aromatic N) is 2. The number of nitrogens with two attached hydrogens (primary N) is 1. The SMILES string of the molecule is CNC(=O)c1ccc(CN=C(N)N2CCCC(C)C2)cc1. The van der Waals surface area contributed by atoms with E-state index in [1.54, 1.807) is 7.05 Å². The van der Waals surface area contributed by atoms with Crippen LogP contribution >= 0.6 is 0 Å². The molecule has 1 unspecified atom stereocenters. The van der Waals surface area contributed by atoms with Crippen LogP contribution in [-0.2, 0) is 6.54 Å². The summed E-state index contributed by atoms with van der Waals surface area (Å²) in [4.78, 5) is 18.1. The van der Waals surface area contributed by atoms with Gasteiger partial charge in [0, 0.05) is 25.7 Å². The number of amides is 1. The van der Waals surface area contributed by atoms with Gasteiger partial charge in [0.05, 0.1) is 6.54 Å². The highest BCUT2D eigenvalue weighted by molar-refractivity contribution is 5.93. The number of aliphatic imine (C=N–C) groups is 1. The van der Waals surface area contributed by atoms with E-state index in [4.69, 9.17) is 5.73 Å². The zero-order valence-electron chi connectivity index (χ0n) is 12.8. The topological polar surface area (TPSA) is 70.7 Å². The maximum Gasteiger partial charge on any atom is 0.251 e. The summed E-state index contributed by atoms with van der Waals surface area (Å²) in [5, 5.41) is 2.60. The number of nitrogens with one attached hydrogen (secondary N) is 1. The Morgan fingerprint density at radius 3 is 2.76 bits per heavy atom. The van der Waals surface area contributed by atoms with Crippen molar-refractivity contribution in [2.24, 2.45) is 16.6 Å². The monoisotopic (exact) mass is 288 g/mol. The lowest BCUT2D eigenvalue weighted by atomic mass is 10.0. The third-order valence-electron chi connectivity index (χ3n) is 3.85. The second-order valence-corrected chi connectivity index (χ2v) is 5.64. The number of carbonyl (C=O) groups is 1. The molecule has 0 saturated carbocycles. The summed E-state index contributed by atoms with van der Waals surface area (Å²) in [6, 6.07) is 7.45. The zero-order chi connectivity index (χ0) is 15.2. The molecule has 1 aromatic carbocycles. The molecule has 1 aliphatic heterocycles.